The highest BCUT2D eigenvalue weighted by molar-refractivity contribution is 9.11. The minimum Gasteiger partial charge on any atom is -0.330 e. The summed E-state index contributed by atoms with van der Waals surface area (Å²) < 4.78 is 27.9. The van der Waals surface area contributed by atoms with Crippen molar-refractivity contribution in [2.24, 2.45) is 0 Å². The molecule has 2 amide bonds. The first kappa shape index (κ1) is 19.5. The van der Waals surface area contributed by atoms with Crippen LogP contribution in [0.15, 0.2) is 32.8 Å². The molecule has 0 unspecified atom stereocenters. The van der Waals surface area contributed by atoms with E-state index in [0.29, 0.717) is 49.8 Å². The fourth-order valence-electron chi connectivity index (χ4n) is 3.33. The predicted molar refractivity (Wildman–Crippen MR) is 102 cm³/mol. The number of nitrogens with zero attached hydrogens (tertiary/aromatic N) is 3. The van der Waals surface area contributed by atoms with Crippen molar-refractivity contribution in [3.63, 3.8) is 0 Å². The van der Waals surface area contributed by atoms with Crippen molar-refractivity contribution < 1.29 is 18.0 Å². The molecule has 0 radical (unpaired) electrons. The van der Waals surface area contributed by atoms with Gasteiger partial charge >= 0.3 is 11.8 Å². The average Bonchev–Trinajstić information content (AvgIpc) is 3.07. The van der Waals surface area contributed by atoms with E-state index >= 15 is 0 Å². The van der Waals surface area contributed by atoms with Crippen LogP contribution in [-0.4, -0.2) is 73.1 Å². The van der Waals surface area contributed by atoms with Gasteiger partial charge in [-0.2, -0.15) is 4.31 Å². The summed E-state index contributed by atoms with van der Waals surface area (Å²) in [7, 11) is -3.50. The maximum atomic E-state index is 12.7. The van der Waals surface area contributed by atoms with Gasteiger partial charge in [0.05, 0.1) is 3.79 Å². The first-order valence-electron chi connectivity index (χ1n) is 8.31. The van der Waals surface area contributed by atoms with Crippen LogP contribution in [0.2, 0.25) is 0 Å². The van der Waals surface area contributed by atoms with Crippen molar-refractivity contribution >= 4 is 49.1 Å². The third-order valence-electron chi connectivity index (χ3n) is 4.70. The van der Waals surface area contributed by atoms with E-state index in [0.717, 1.165) is 3.79 Å². The lowest BCUT2D eigenvalue weighted by Gasteiger charge is -2.41. The first-order chi connectivity index (χ1) is 12.3. The smallest absolute Gasteiger partial charge is 0.312 e. The average molecular weight is 462 g/mol. The fraction of sp³-hybridized carbons (Fsp3) is 0.500. The van der Waals surface area contributed by atoms with Gasteiger partial charge in [-0.05, 0) is 40.9 Å². The standard InChI is InChI=1S/C16H20BrN3O4S2/c1-2-7-18-10-11-20(16(22)15(18)21)12-5-8-19(9-6-12)26(23,24)14-4-3-13(17)25-14/h2-4,12H,1,5-11H2. The summed E-state index contributed by atoms with van der Waals surface area (Å²) in [5.41, 5.74) is 0. The number of sulfonamides is 1. The molecular formula is C16H20BrN3O4S2. The second-order valence-electron chi connectivity index (χ2n) is 6.23. The molecule has 142 valence electrons. The lowest BCUT2D eigenvalue weighted by atomic mass is 10.0. The molecule has 1 aromatic rings. The lowest BCUT2D eigenvalue weighted by molar-refractivity contribution is -0.157. The Bertz CT molecular complexity index is 815. The van der Waals surface area contributed by atoms with E-state index < -0.39 is 21.8 Å². The molecule has 7 nitrogen and oxygen atoms in total. The molecule has 0 spiro atoms. The molecule has 2 aliphatic rings. The highest BCUT2D eigenvalue weighted by atomic mass is 79.9. The van der Waals surface area contributed by atoms with Crippen LogP contribution in [0.25, 0.3) is 0 Å². The topological polar surface area (TPSA) is 78.0 Å². The van der Waals surface area contributed by atoms with Gasteiger partial charge < -0.3 is 9.80 Å². The largest absolute Gasteiger partial charge is 0.330 e. The number of halogens is 1. The molecule has 2 saturated heterocycles. The van der Waals surface area contributed by atoms with E-state index in [1.165, 1.54) is 20.5 Å². The molecule has 1 aromatic heterocycles. The summed E-state index contributed by atoms with van der Waals surface area (Å²) in [6.07, 6.45) is 2.67. The Morgan fingerprint density at radius 1 is 1.15 bits per heavy atom. The molecule has 0 saturated carbocycles. The number of rotatable bonds is 5. The lowest BCUT2D eigenvalue weighted by Crippen LogP contribution is -2.59. The third kappa shape index (κ3) is 3.73. The molecule has 3 heterocycles. The van der Waals surface area contributed by atoms with E-state index in [1.807, 2.05) is 0 Å². The summed E-state index contributed by atoms with van der Waals surface area (Å²) in [6, 6.07) is 3.22. The van der Waals surface area contributed by atoms with Crippen molar-refractivity contribution in [3.05, 3.63) is 28.6 Å². The van der Waals surface area contributed by atoms with Crippen LogP contribution < -0.4 is 0 Å². The Hall–Kier alpha value is -1.23. The van der Waals surface area contributed by atoms with Gasteiger partial charge in [0.2, 0.25) is 0 Å². The van der Waals surface area contributed by atoms with Crippen molar-refractivity contribution in [1.29, 1.82) is 0 Å². The number of hydrogen-bond acceptors (Lipinski definition) is 5. The van der Waals surface area contributed by atoms with E-state index in [9.17, 15) is 18.0 Å². The molecule has 0 N–H and O–H groups in total. The van der Waals surface area contributed by atoms with E-state index in [1.54, 1.807) is 23.1 Å². The maximum Gasteiger partial charge on any atom is 0.312 e. The van der Waals surface area contributed by atoms with Crippen molar-refractivity contribution in [1.82, 2.24) is 14.1 Å². The number of thiophene rings is 1. The summed E-state index contributed by atoms with van der Waals surface area (Å²) in [5, 5.41) is 0. The van der Waals surface area contributed by atoms with Crippen LogP contribution in [0.3, 0.4) is 0 Å². The molecule has 2 fully saturated rings. The van der Waals surface area contributed by atoms with Gasteiger partial charge in [0.1, 0.15) is 4.21 Å². The number of carbonyl (C=O) groups excluding carboxylic acids is 2. The van der Waals surface area contributed by atoms with Gasteiger partial charge in [-0.3, -0.25) is 9.59 Å². The number of amides is 2. The van der Waals surface area contributed by atoms with E-state index in [2.05, 4.69) is 22.5 Å². The summed E-state index contributed by atoms with van der Waals surface area (Å²) in [4.78, 5) is 27.6. The van der Waals surface area contributed by atoms with Gasteiger partial charge in [-0.25, -0.2) is 8.42 Å². The number of hydrogen-bond donors (Lipinski definition) is 0. The number of carbonyl (C=O) groups is 2. The summed E-state index contributed by atoms with van der Waals surface area (Å²) in [5.74, 6) is -1.00. The van der Waals surface area contributed by atoms with Crippen LogP contribution in [0.1, 0.15) is 12.8 Å². The van der Waals surface area contributed by atoms with Crippen LogP contribution in [0.4, 0.5) is 0 Å². The SMILES string of the molecule is C=CCN1CCN(C2CCN(S(=O)(=O)c3ccc(Br)s3)CC2)C(=O)C1=O. The Morgan fingerprint density at radius 2 is 1.85 bits per heavy atom. The highest BCUT2D eigenvalue weighted by Crippen LogP contribution is 2.30. The normalized spacial score (nSPS) is 20.7. The van der Waals surface area contributed by atoms with Gasteiger partial charge in [-0.1, -0.05) is 6.08 Å². The quantitative estimate of drug-likeness (QED) is 0.491. The molecule has 0 aromatic carbocycles. The Kier molecular flexibility index (Phi) is 5.85. The molecule has 0 atom stereocenters. The van der Waals surface area contributed by atoms with Gasteiger partial charge in [-0.15, -0.1) is 17.9 Å². The van der Waals surface area contributed by atoms with Gasteiger partial charge in [0.25, 0.3) is 10.0 Å². The third-order valence-corrected chi connectivity index (χ3v) is 8.69. The fourth-order valence-corrected chi connectivity index (χ4v) is 6.96. The first-order valence-corrected chi connectivity index (χ1v) is 11.4. The zero-order valence-corrected chi connectivity index (χ0v) is 17.4. The maximum absolute atomic E-state index is 12.7. The van der Waals surface area contributed by atoms with E-state index in [4.69, 9.17) is 0 Å². The van der Waals surface area contributed by atoms with Crippen LogP contribution in [-0.2, 0) is 19.6 Å². The Labute approximate surface area is 165 Å². The highest BCUT2D eigenvalue weighted by Gasteiger charge is 2.39. The molecule has 10 heteroatoms. The predicted octanol–water partition coefficient (Wildman–Crippen LogP) is 1.52. The molecule has 2 aliphatic heterocycles. The van der Waals surface area contributed by atoms with Crippen molar-refractivity contribution in [2.45, 2.75) is 23.1 Å². The van der Waals surface area contributed by atoms with Crippen molar-refractivity contribution in [3.8, 4) is 0 Å². The van der Waals surface area contributed by atoms with Gasteiger partial charge in [0.15, 0.2) is 0 Å². The molecule has 0 bridgehead atoms. The summed E-state index contributed by atoms with van der Waals surface area (Å²) in [6.45, 7) is 5.62. The minimum atomic E-state index is -3.50. The second-order valence-corrected chi connectivity index (χ2v) is 10.9. The zero-order chi connectivity index (χ0) is 18.9. The molecule has 3 rings (SSSR count). The second kappa shape index (κ2) is 7.79. The van der Waals surface area contributed by atoms with Gasteiger partial charge in [0, 0.05) is 38.8 Å². The zero-order valence-electron chi connectivity index (χ0n) is 14.1. The monoisotopic (exact) mass is 461 g/mol. The molecule has 26 heavy (non-hydrogen) atoms. The molecular weight excluding hydrogens is 442 g/mol. The summed E-state index contributed by atoms with van der Waals surface area (Å²) >= 11 is 4.47. The number of piperazine rings is 1. The Morgan fingerprint density at radius 3 is 2.42 bits per heavy atom. The van der Waals surface area contributed by atoms with Crippen molar-refractivity contribution in [2.75, 3.05) is 32.7 Å². The van der Waals surface area contributed by atoms with Crippen LogP contribution in [0.5, 0.6) is 0 Å². The Balaban J connectivity index is 1.63. The minimum absolute atomic E-state index is 0.0983. The van der Waals surface area contributed by atoms with E-state index in [-0.39, 0.29) is 6.04 Å². The van der Waals surface area contributed by atoms with Crippen LogP contribution >= 0.6 is 27.3 Å². The van der Waals surface area contributed by atoms with Crippen LogP contribution in [0, 0.1) is 0 Å². The number of piperidine rings is 1. The molecule has 0 aliphatic carbocycles.